The van der Waals surface area contributed by atoms with Crippen molar-refractivity contribution in [2.75, 3.05) is 6.54 Å². The SMILES string of the molecule is Cn1cc(-c2ccc[nH]2)c(C2CCCN2)n1. The van der Waals surface area contributed by atoms with Crippen LogP contribution in [0.4, 0.5) is 0 Å². The van der Waals surface area contributed by atoms with Gasteiger partial charge in [0.05, 0.1) is 11.7 Å². The molecule has 1 aliphatic rings. The third-order valence-corrected chi connectivity index (χ3v) is 3.14. The van der Waals surface area contributed by atoms with Gasteiger partial charge in [0.2, 0.25) is 0 Å². The highest BCUT2D eigenvalue weighted by Gasteiger charge is 2.23. The van der Waals surface area contributed by atoms with Crippen LogP contribution in [0.1, 0.15) is 24.6 Å². The first-order valence-electron chi connectivity index (χ1n) is 5.75. The van der Waals surface area contributed by atoms with Crippen LogP contribution in [0.2, 0.25) is 0 Å². The number of aromatic nitrogens is 3. The van der Waals surface area contributed by atoms with Crippen molar-refractivity contribution < 1.29 is 0 Å². The topological polar surface area (TPSA) is 45.6 Å². The molecule has 1 fully saturated rings. The van der Waals surface area contributed by atoms with E-state index >= 15 is 0 Å². The van der Waals surface area contributed by atoms with Crippen LogP contribution in [-0.2, 0) is 7.05 Å². The highest BCUT2D eigenvalue weighted by molar-refractivity contribution is 5.62. The average molecular weight is 216 g/mol. The van der Waals surface area contributed by atoms with Gasteiger partial charge in [-0.1, -0.05) is 0 Å². The fourth-order valence-electron chi connectivity index (χ4n) is 2.39. The Labute approximate surface area is 94.7 Å². The number of aryl methyl sites for hydroxylation is 1. The van der Waals surface area contributed by atoms with E-state index in [2.05, 4.69) is 27.7 Å². The Morgan fingerprint density at radius 1 is 1.50 bits per heavy atom. The van der Waals surface area contributed by atoms with Gasteiger partial charge in [0, 0.05) is 30.7 Å². The van der Waals surface area contributed by atoms with Crippen molar-refractivity contribution in [2.24, 2.45) is 7.05 Å². The summed E-state index contributed by atoms with van der Waals surface area (Å²) in [4.78, 5) is 3.25. The molecule has 3 heterocycles. The van der Waals surface area contributed by atoms with E-state index in [9.17, 15) is 0 Å². The van der Waals surface area contributed by atoms with Crippen LogP contribution in [-0.4, -0.2) is 21.3 Å². The quantitative estimate of drug-likeness (QED) is 0.804. The molecule has 84 valence electrons. The minimum absolute atomic E-state index is 0.416. The Morgan fingerprint density at radius 2 is 2.44 bits per heavy atom. The molecule has 0 radical (unpaired) electrons. The number of hydrogen-bond acceptors (Lipinski definition) is 2. The lowest BCUT2D eigenvalue weighted by atomic mass is 10.1. The highest BCUT2D eigenvalue weighted by atomic mass is 15.3. The summed E-state index contributed by atoms with van der Waals surface area (Å²) in [7, 11) is 1.98. The molecule has 0 amide bonds. The van der Waals surface area contributed by atoms with Gasteiger partial charge in [-0.3, -0.25) is 4.68 Å². The molecular formula is C12H16N4. The van der Waals surface area contributed by atoms with Crippen LogP contribution in [0.5, 0.6) is 0 Å². The number of H-pyrrole nitrogens is 1. The molecule has 0 bridgehead atoms. The summed E-state index contributed by atoms with van der Waals surface area (Å²) >= 11 is 0. The lowest BCUT2D eigenvalue weighted by Gasteiger charge is -2.08. The minimum Gasteiger partial charge on any atom is -0.361 e. The molecule has 1 unspecified atom stereocenters. The van der Waals surface area contributed by atoms with Gasteiger partial charge in [-0.2, -0.15) is 5.10 Å². The van der Waals surface area contributed by atoms with Gasteiger partial charge < -0.3 is 10.3 Å². The lowest BCUT2D eigenvalue weighted by molar-refractivity contribution is 0.607. The van der Waals surface area contributed by atoms with Crippen molar-refractivity contribution in [3.63, 3.8) is 0 Å². The standard InChI is InChI=1S/C12H16N4/c1-16-8-9(10-4-2-6-13-10)12(15-16)11-5-3-7-14-11/h2,4,6,8,11,13-14H,3,5,7H2,1H3. The summed E-state index contributed by atoms with van der Waals surface area (Å²) in [5.41, 5.74) is 3.53. The summed E-state index contributed by atoms with van der Waals surface area (Å²) in [6.07, 6.45) is 6.46. The van der Waals surface area contributed by atoms with E-state index in [0.29, 0.717) is 6.04 Å². The van der Waals surface area contributed by atoms with Crippen LogP contribution in [0.3, 0.4) is 0 Å². The van der Waals surface area contributed by atoms with Crippen molar-refractivity contribution in [3.05, 3.63) is 30.2 Å². The van der Waals surface area contributed by atoms with Crippen molar-refractivity contribution in [2.45, 2.75) is 18.9 Å². The lowest BCUT2D eigenvalue weighted by Crippen LogP contribution is -2.14. The number of nitrogens with one attached hydrogen (secondary N) is 2. The van der Waals surface area contributed by atoms with Gasteiger partial charge in [0.15, 0.2) is 0 Å². The molecule has 1 atom stereocenters. The number of aromatic amines is 1. The van der Waals surface area contributed by atoms with E-state index in [1.54, 1.807) is 0 Å². The molecule has 0 aliphatic carbocycles. The zero-order valence-corrected chi connectivity index (χ0v) is 9.40. The third kappa shape index (κ3) is 1.55. The average Bonchev–Trinajstić information content (AvgIpc) is 2.98. The second-order valence-corrected chi connectivity index (χ2v) is 4.33. The van der Waals surface area contributed by atoms with Gasteiger partial charge in [-0.05, 0) is 31.5 Å². The molecule has 3 rings (SSSR count). The number of nitrogens with zero attached hydrogens (tertiary/aromatic N) is 2. The van der Waals surface area contributed by atoms with Crippen LogP contribution in [0.15, 0.2) is 24.5 Å². The molecule has 16 heavy (non-hydrogen) atoms. The molecule has 0 spiro atoms. The Hall–Kier alpha value is -1.55. The van der Waals surface area contributed by atoms with E-state index in [0.717, 1.165) is 12.2 Å². The predicted octanol–water partition coefficient (Wildman–Crippen LogP) is 1.84. The first kappa shape index (κ1) is 9.66. The van der Waals surface area contributed by atoms with Crippen molar-refractivity contribution in [3.8, 4) is 11.3 Å². The maximum atomic E-state index is 4.58. The zero-order chi connectivity index (χ0) is 11.0. The molecule has 4 heteroatoms. The molecule has 1 saturated heterocycles. The van der Waals surface area contributed by atoms with Gasteiger partial charge in [0.25, 0.3) is 0 Å². The second-order valence-electron chi connectivity index (χ2n) is 4.33. The Bertz CT molecular complexity index is 463. The van der Waals surface area contributed by atoms with E-state index in [1.807, 2.05) is 24.0 Å². The number of rotatable bonds is 2. The predicted molar refractivity (Wildman–Crippen MR) is 63.0 cm³/mol. The van der Waals surface area contributed by atoms with Crippen LogP contribution in [0.25, 0.3) is 11.3 Å². The van der Waals surface area contributed by atoms with Gasteiger partial charge in [-0.25, -0.2) is 0 Å². The Balaban J connectivity index is 2.03. The van der Waals surface area contributed by atoms with E-state index in [-0.39, 0.29) is 0 Å². The van der Waals surface area contributed by atoms with Crippen LogP contribution >= 0.6 is 0 Å². The largest absolute Gasteiger partial charge is 0.361 e. The molecule has 4 nitrogen and oxygen atoms in total. The van der Waals surface area contributed by atoms with Gasteiger partial charge in [-0.15, -0.1) is 0 Å². The molecule has 1 aliphatic heterocycles. The molecule has 2 aromatic heterocycles. The first-order valence-corrected chi connectivity index (χ1v) is 5.75. The highest BCUT2D eigenvalue weighted by Crippen LogP contribution is 2.30. The summed E-state index contributed by atoms with van der Waals surface area (Å²) < 4.78 is 1.89. The van der Waals surface area contributed by atoms with Gasteiger partial charge >= 0.3 is 0 Å². The van der Waals surface area contributed by atoms with E-state index < -0.39 is 0 Å². The van der Waals surface area contributed by atoms with Crippen LogP contribution < -0.4 is 5.32 Å². The zero-order valence-electron chi connectivity index (χ0n) is 9.40. The van der Waals surface area contributed by atoms with Crippen LogP contribution in [0, 0.1) is 0 Å². The normalized spacial score (nSPS) is 20.4. The molecule has 2 aromatic rings. The van der Waals surface area contributed by atoms with Gasteiger partial charge in [0.1, 0.15) is 0 Å². The molecule has 2 N–H and O–H groups in total. The molecule has 0 aromatic carbocycles. The Morgan fingerprint density at radius 3 is 3.12 bits per heavy atom. The third-order valence-electron chi connectivity index (χ3n) is 3.14. The fraction of sp³-hybridized carbons (Fsp3) is 0.417. The number of hydrogen-bond donors (Lipinski definition) is 2. The molecule has 0 saturated carbocycles. The van der Waals surface area contributed by atoms with Crippen molar-refractivity contribution in [1.29, 1.82) is 0 Å². The summed E-state index contributed by atoms with van der Waals surface area (Å²) in [6.45, 7) is 1.10. The fourth-order valence-corrected chi connectivity index (χ4v) is 2.39. The summed E-state index contributed by atoms with van der Waals surface area (Å²) in [5.74, 6) is 0. The smallest absolute Gasteiger partial charge is 0.0887 e. The maximum Gasteiger partial charge on any atom is 0.0887 e. The molecular weight excluding hydrogens is 200 g/mol. The van der Waals surface area contributed by atoms with Crippen molar-refractivity contribution >= 4 is 0 Å². The second kappa shape index (κ2) is 3.79. The Kier molecular flexibility index (Phi) is 2.29. The van der Waals surface area contributed by atoms with Crippen molar-refractivity contribution in [1.82, 2.24) is 20.1 Å². The monoisotopic (exact) mass is 216 g/mol. The maximum absolute atomic E-state index is 4.58. The van der Waals surface area contributed by atoms with E-state index in [4.69, 9.17) is 0 Å². The minimum atomic E-state index is 0.416. The van der Waals surface area contributed by atoms with E-state index in [1.165, 1.54) is 24.1 Å². The summed E-state index contributed by atoms with van der Waals surface area (Å²) in [5, 5.41) is 8.08. The first-order chi connectivity index (χ1) is 7.84. The summed E-state index contributed by atoms with van der Waals surface area (Å²) in [6, 6.07) is 4.53.